The van der Waals surface area contributed by atoms with Gasteiger partial charge in [-0.2, -0.15) is 0 Å². The minimum absolute atomic E-state index is 0.0492. The number of aromatic nitrogens is 4. The molecule has 6 rings (SSSR count). The summed E-state index contributed by atoms with van der Waals surface area (Å²) in [5, 5.41) is 7.75. The highest BCUT2D eigenvalue weighted by molar-refractivity contribution is 6.35. The van der Waals surface area contributed by atoms with Gasteiger partial charge in [0.1, 0.15) is 17.9 Å². The van der Waals surface area contributed by atoms with Crippen molar-refractivity contribution in [2.45, 2.75) is 38.1 Å². The Morgan fingerprint density at radius 1 is 1.19 bits per heavy atom. The van der Waals surface area contributed by atoms with Gasteiger partial charge >= 0.3 is 6.30 Å². The number of halogens is 5. The average Bonchev–Trinajstić information content (AvgIpc) is 3.23. The quantitative estimate of drug-likeness (QED) is 0.332. The number of fused-ring (bicyclic) bond motifs is 2. The van der Waals surface area contributed by atoms with Gasteiger partial charge in [0.15, 0.2) is 5.65 Å². The van der Waals surface area contributed by atoms with Gasteiger partial charge in [-0.3, -0.25) is 9.20 Å². The van der Waals surface area contributed by atoms with Crippen LogP contribution in [0.3, 0.4) is 0 Å². The number of benzene rings is 1. The molecule has 0 radical (unpaired) electrons. The lowest BCUT2D eigenvalue weighted by Crippen LogP contribution is -2.64. The van der Waals surface area contributed by atoms with Crippen molar-refractivity contribution < 1.29 is 22.3 Å². The molecular weight excluding hydrogens is 514 g/mol. The molecular formula is C25H22ClF4N5O2. The van der Waals surface area contributed by atoms with E-state index in [0.717, 1.165) is 38.9 Å². The van der Waals surface area contributed by atoms with Crippen LogP contribution in [0.2, 0.25) is 5.02 Å². The number of hydrogen-bond donors (Lipinski definition) is 0. The molecule has 4 aromatic rings. The number of aryl methyl sites for hydroxylation is 1. The molecule has 1 saturated heterocycles. The highest BCUT2D eigenvalue weighted by atomic mass is 35.5. The fourth-order valence-electron chi connectivity index (χ4n) is 5.65. The van der Waals surface area contributed by atoms with E-state index in [-0.39, 0.29) is 37.7 Å². The SMILES string of the molecule is O=c1c2c(Cl)ccc(OC3CC4(C3)CN(CCCc3cc5nncn5cc3F)C4)c2ccn1C(F)(F)F. The van der Waals surface area contributed by atoms with Gasteiger partial charge in [0.2, 0.25) is 0 Å². The van der Waals surface area contributed by atoms with Crippen LogP contribution in [0.4, 0.5) is 17.6 Å². The van der Waals surface area contributed by atoms with Crippen molar-refractivity contribution in [3.63, 3.8) is 0 Å². The zero-order chi connectivity index (χ0) is 25.9. The van der Waals surface area contributed by atoms with Crippen molar-refractivity contribution >= 4 is 28.0 Å². The molecule has 1 aliphatic carbocycles. The molecule has 0 amide bonds. The summed E-state index contributed by atoms with van der Waals surface area (Å²) >= 11 is 6.07. The molecule has 7 nitrogen and oxygen atoms in total. The Hall–Kier alpha value is -3.18. The first-order chi connectivity index (χ1) is 17.6. The number of hydrogen-bond acceptors (Lipinski definition) is 5. The van der Waals surface area contributed by atoms with E-state index >= 15 is 0 Å². The molecule has 0 unspecified atom stereocenters. The molecule has 0 bridgehead atoms. The Kier molecular flexibility index (Phi) is 5.68. The molecule has 0 N–H and O–H groups in total. The van der Waals surface area contributed by atoms with Crippen LogP contribution in [0.25, 0.3) is 16.4 Å². The van der Waals surface area contributed by atoms with Crippen LogP contribution in [0.15, 0.2) is 47.8 Å². The van der Waals surface area contributed by atoms with Crippen LogP contribution in [-0.4, -0.2) is 49.8 Å². The standard InChI is InChI=1S/C25H22ClF4N5O2/c26-18-3-4-20(17-5-7-35(25(28,29)30)23(36)22(17)18)37-16-9-24(10-16)12-33(13-24)6-1-2-15-8-21-32-31-14-34(21)11-19(15)27/h3-5,7-8,11,14,16H,1-2,6,9-10,12-13H2. The first-order valence-electron chi connectivity index (χ1n) is 11.9. The summed E-state index contributed by atoms with van der Waals surface area (Å²) in [5.74, 6) is 0.0898. The van der Waals surface area contributed by atoms with E-state index < -0.39 is 11.9 Å². The zero-order valence-electron chi connectivity index (χ0n) is 19.5. The summed E-state index contributed by atoms with van der Waals surface area (Å²) in [6.07, 6.45) is 1.74. The Bertz CT molecular complexity index is 1550. The smallest absolute Gasteiger partial charge is 0.490 e. The molecule has 1 aliphatic heterocycles. The van der Waals surface area contributed by atoms with Crippen molar-refractivity contribution in [1.29, 1.82) is 0 Å². The van der Waals surface area contributed by atoms with Crippen molar-refractivity contribution in [2.75, 3.05) is 19.6 Å². The number of alkyl halides is 3. The van der Waals surface area contributed by atoms with E-state index in [1.165, 1.54) is 24.7 Å². The molecule has 194 valence electrons. The Balaban J connectivity index is 1.03. The zero-order valence-corrected chi connectivity index (χ0v) is 20.3. The first kappa shape index (κ1) is 24.2. The monoisotopic (exact) mass is 535 g/mol. The highest BCUT2D eigenvalue weighted by Crippen LogP contribution is 2.50. The molecule has 0 atom stereocenters. The van der Waals surface area contributed by atoms with Crippen LogP contribution < -0.4 is 10.3 Å². The fraction of sp³-hybridized carbons (Fsp3) is 0.400. The lowest BCUT2D eigenvalue weighted by Gasteiger charge is -2.58. The van der Waals surface area contributed by atoms with Crippen LogP contribution in [0, 0.1) is 11.2 Å². The topological polar surface area (TPSA) is 64.7 Å². The summed E-state index contributed by atoms with van der Waals surface area (Å²) < 4.78 is 61.0. The molecule has 2 aliphatic rings. The molecule has 1 aromatic carbocycles. The first-order valence-corrected chi connectivity index (χ1v) is 12.3. The maximum atomic E-state index is 14.3. The summed E-state index contributed by atoms with van der Waals surface area (Å²) in [6, 6.07) is 5.93. The lowest BCUT2D eigenvalue weighted by atomic mass is 9.61. The summed E-state index contributed by atoms with van der Waals surface area (Å²) in [6.45, 7) is 2.71. The predicted molar refractivity (Wildman–Crippen MR) is 128 cm³/mol. The van der Waals surface area contributed by atoms with E-state index in [2.05, 4.69) is 15.1 Å². The average molecular weight is 536 g/mol. The second-order valence-corrected chi connectivity index (χ2v) is 10.4. The van der Waals surface area contributed by atoms with E-state index in [9.17, 15) is 22.4 Å². The van der Waals surface area contributed by atoms with Crippen LogP contribution in [-0.2, 0) is 12.7 Å². The highest BCUT2D eigenvalue weighted by Gasteiger charge is 2.53. The fourth-order valence-corrected chi connectivity index (χ4v) is 5.90. The second kappa shape index (κ2) is 8.70. The molecule has 2 fully saturated rings. The Morgan fingerprint density at radius 3 is 2.73 bits per heavy atom. The van der Waals surface area contributed by atoms with Gasteiger partial charge in [-0.05, 0) is 62.1 Å². The number of pyridine rings is 2. The molecule has 1 spiro atoms. The van der Waals surface area contributed by atoms with Crippen LogP contribution in [0.1, 0.15) is 24.8 Å². The largest absolute Gasteiger partial charge is 0.491 e. The van der Waals surface area contributed by atoms with E-state index in [1.54, 1.807) is 16.5 Å². The van der Waals surface area contributed by atoms with E-state index in [4.69, 9.17) is 16.3 Å². The number of nitrogens with zero attached hydrogens (tertiary/aromatic N) is 5. The van der Waals surface area contributed by atoms with Gasteiger partial charge in [-0.25, -0.2) is 8.96 Å². The van der Waals surface area contributed by atoms with Crippen molar-refractivity contribution in [3.8, 4) is 5.75 Å². The second-order valence-electron chi connectivity index (χ2n) is 10.00. The van der Waals surface area contributed by atoms with E-state index in [1.807, 2.05) is 0 Å². The van der Waals surface area contributed by atoms with Gasteiger partial charge in [0, 0.05) is 36.3 Å². The predicted octanol–water partition coefficient (Wildman–Crippen LogP) is 4.79. The third-order valence-electron chi connectivity index (χ3n) is 7.37. The number of rotatable bonds is 6. The van der Waals surface area contributed by atoms with Gasteiger partial charge in [0.25, 0.3) is 5.56 Å². The minimum Gasteiger partial charge on any atom is -0.490 e. The minimum atomic E-state index is -4.83. The lowest BCUT2D eigenvalue weighted by molar-refractivity contribution is -0.206. The molecule has 3 aromatic heterocycles. The molecule has 4 heterocycles. The summed E-state index contributed by atoms with van der Waals surface area (Å²) in [5.41, 5.74) is 0.201. The molecule has 12 heteroatoms. The van der Waals surface area contributed by atoms with E-state index in [0.29, 0.717) is 29.6 Å². The van der Waals surface area contributed by atoms with Gasteiger partial charge in [-0.1, -0.05) is 11.6 Å². The van der Waals surface area contributed by atoms with Crippen LogP contribution in [0.5, 0.6) is 5.75 Å². The Morgan fingerprint density at radius 2 is 1.97 bits per heavy atom. The maximum Gasteiger partial charge on any atom is 0.491 e. The summed E-state index contributed by atoms with van der Waals surface area (Å²) in [7, 11) is 0. The maximum absolute atomic E-state index is 14.3. The van der Waals surface area contributed by atoms with Gasteiger partial charge < -0.3 is 9.64 Å². The van der Waals surface area contributed by atoms with Crippen molar-refractivity contribution in [3.05, 3.63) is 69.7 Å². The summed E-state index contributed by atoms with van der Waals surface area (Å²) in [4.78, 5) is 14.8. The number of likely N-dealkylation sites (tertiary alicyclic amines) is 1. The van der Waals surface area contributed by atoms with Crippen molar-refractivity contribution in [2.24, 2.45) is 5.41 Å². The Labute approximate surface area is 213 Å². The normalized spacial score (nSPS) is 17.9. The van der Waals surface area contributed by atoms with Gasteiger partial charge in [-0.15, -0.1) is 23.4 Å². The molecule has 37 heavy (non-hydrogen) atoms. The van der Waals surface area contributed by atoms with Crippen molar-refractivity contribution in [1.82, 2.24) is 24.1 Å². The number of ether oxygens (including phenoxy) is 1. The van der Waals surface area contributed by atoms with Gasteiger partial charge in [0.05, 0.1) is 16.5 Å². The third-order valence-corrected chi connectivity index (χ3v) is 7.68. The third kappa shape index (κ3) is 4.33. The molecule has 1 saturated carbocycles. The van der Waals surface area contributed by atoms with Crippen LogP contribution >= 0.6 is 11.6 Å².